The van der Waals surface area contributed by atoms with Crippen LogP contribution in [-0.4, -0.2) is 99.9 Å². The molecule has 232 valence electrons. The number of amides is 4. The lowest BCUT2D eigenvalue weighted by atomic mass is 10.0. The van der Waals surface area contributed by atoms with E-state index in [9.17, 15) is 44.1 Å². The number of thiol groups is 1. The molecule has 0 saturated heterocycles. The monoisotopic (exact) mass is 612 g/mol. The van der Waals surface area contributed by atoms with E-state index in [-0.39, 0.29) is 30.3 Å². The lowest BCUT2D eigenvalue weighted by Crippen LogP contribution is -2.57. The molecule has 17 nitrogen and oxygen atoms in total. The summed E-state index contributed by atoms with van der Waals surface area (Å²) in [6, 6.07) is 0.108. The molecule has 0 aliphatic carbocycles. The zero-order valence-electron chi connectivity index (χ0n) is 22.5. The number of guanidine groups is 1. The molecule has 0 bridgehead atoms. The van der Waals surface area contributed by atoms with E-state index in [0.29, 0.717) is 18.5 Å². The Bertz CT molecular complexity index is 1140. The molecule has 0 aromatic heterocycles. The average molecular weight is 613 g/mol. The Kier molecular flexibility index (Phi) is 15.2. The maximum atomic E-state index is 13.0. The van der Waals surface area contributed by atoms with Gasteiger partial charge in [-0.1, -0.05) is 12.1 Å². The van der Waals surface area contributed by atoms with Crippen LogP contribution >= 0.6 is 12.6 Å². The summed E-state index contributed by atoms with van der Waals surface area (Å²) in [5.74, 6) is -6.98. The number of phenols is 1. The van der Waals surface area contributed by atoms with Crippen molar-refractivity contribution in [1.29, 1.82) is 5.41 Å². The second-order valence-electron chi connectivity index (χ2n) is 9.04. The largest absolute Gasteiger partial charge is 0.508 e. The summed E-state index contributed by atoms with van der Waals surface area (Å²) >= 11 is 3.89. The highest BCUT2D eigenvalue weighted by molar-refractivity contribution is 7.80. The molecule has 18 heteroatoms. The Morgan fingerprint density at radius 3 is 2.02 bits per heavy atom. The SMILES string of the molecule is N=C(N)NCCC[C@H](N)C(=O)NCC(=O)N[C@@H](CC(=O)O)C(=O)N[C@H](Cc1ccc(O)cc1)C(=O)N[C@@H](CS)C(=O)O. The summed E-state index contributed by atoms with van der Waals surface area (Å²) in [4.78, 5) is 73.3. The van der Waals surface area contributed by atoms with Gasteiger partial charge in [-0.15, -0.1) is 0 Å². The van der Waals surface area contributed by atoms with E-state index in [1.165, 1.54) is 24.3 Å². The molecular weight excluding hydrogens is 576 g/mol. The fourth-order valence-corrected chi connectivity index (χ4v) is 3.66. The first-order valence-electron chi connectivity index (χ1n) is 12.6. The van der Waals surface area contributed by atoms with Crippen LogP contribution in [0.1, 0.15) is 24.8 Å². The van der Waals surface area contributed by atoms with Crippen molar-refractivity contribution in [2.24, 2.45) is 11.5 Å². The third-order valence-electron chi connectivity index (χ3n) is 5.60. The van der Waals surface area contributed by atoms with Gasteiger partial charge in [0.15, 0.2) is 5.96 Å². The number of aliphatic carboxylic acids is 2. The highest BCUT2D eigenvalue weighted by Gasteiger charge is 2.30. The summed E-state index contributed by atoms with van der Waals surface area (Å²) in [5, 5.41) is 46.7. The van der Waals surface area contributed by atoms with Crippen LogP contribution in [0, 0.1) is 5.41 Å². The molecule has 0 aliphatic rings. The molecule has 0 unspecified atom stereocenters. The zero-order valence-corrected chi connectivity index (χ0v) is 23.4. The van der Waals surface area contributed by atoms with Crippen LogP contribution in [-0.2, 0) is 35.2 Å². The number of hydrogen-bond acceptors (Lipinski definition) is 10. The van der Waals surface area contributed by atoms with Gasteiger partial charge in [-0.2, -0.15) is 12.6 Å². The van der Waals surface area contributed by atoms with Gasteiger partial charge in [0.25, 0.3) is 0 Å². The van der Waals surface area contributed by atoms with Gasteiger partial charge in [0.05, 0.1) is 19.0 Å². The van der Waals surface area contributed by atoms with Crippen LogP contribution in [0.15, 0.2) is 24.3 Å². The van der Waals surface area contributed by atoms with Gasteiger partial charge in [-0.05, 0) is 30.5 Å². The molecule has 0 heterocycles. The highest BCUT2D eigenvalue weighted by atomic mass is 32.1. The minimum Gasteiger partial charge on any atom is -0.508 e. The fraction of sp³-hybridized carbons (Fsp3) is 0.458. The van der Waals surface area contributed by atoms with Crippen LogP contribution < -0.4 is 38.1 Å². The predicted molar refractivity (Wildman–Crippen MR) is 151 cm³/mol. The van der Waals surface area contributed by atoms with E-state index in [4.69, 9.17) is 16.9 Å². The second kappa shape index (κ2) is 18.0. The summed E-state index contributed by atoms with van der Waals surface area (Å²) in [6.07, 6.45) is -0.448. The predicted octanol–water partition coefficient (Wildman–Crippen LogP) is -3.42. The number of rotatable bonds is 18. The number of hydrogen-bond donors (Lipinski definition) is 12. The maximum absolute atomic E-state index is 13.0. The van der Waals surface area contributed by atoms with Crippen molar-refractivity contribution in [2.45, 2.75) is 49.9 Å². The van der Waals surface area contributed by atoms with Crippen LogP contribution in [0.25, 0.3) is 0 Å². The molecule has 4 amide bonds. The third-order valence-corrected chi connectivity index (χ3v) is 5.97. The molecule has 0 spiro atoms. The molecule has 1 aromatic carbocycles. The minimum atomic E-state index is -1.67. The van der Waals surface area contributed by atoms with Gasteiger partial charge in [0.1, 0.15) is 23.9 Å². The van der Waals surface area contributed by atoms with Gasteiger partial charge in [-0.3, -0.25) is 29.4 Å². The van der Waals surface area contributed by atoms with Gasteiger partial charge >= 0.3 is 11.9 Å². The van der Waals surface area contributed by atoms with E-state index >= 15 is 0 Å². The van der Waals surface area contributed by atoms with Crippen molar-refractivity contribution < 1.29 is 44.1 Å². The number of carboxylic acids is 2. The van der Waals surface area contributed by atoms with Crippen molar-refractivity contribution in [3.05, 3.63) is 29.8 Å². The first kappa shape index (κ1) is 35.4. The summed E-state index contributed by atoms with van der Waals surface area (Å²) in [5.41, 5.74) is 11.4. The number of carbonyl (C=O) groups excluding carboxylic acids is 4. The van der Waals surface area contributed by atoms with Crippen LogP contribution in [0.2, 0.25) is 0 Å². The van der Waals surface area contributed by atoms with E-state index in [1.54, 1.807) is 0 Å². The van der Waals surface area contributed by atoms with Crippen molar-refractivity contribution >= 4 is 54.2 Å². The van der Waals surface area contributed by atoms with Crippen LogP contribution in [0.3, 0.4) is 0 Å². The minimum absolute atomic E-state index is 0.0629. The molecule has 1 rings (SSSR count). The molecule has 13 N–H and O–H groups in total. The Labute approximate surface area is 246 Å². The number of benzene rings is 1. The third kappa shape index (κ3) is 13.7. The number of aromatic hydroxyl groups is 1. The van der Waals surface area contributed by atoms with E-state index in [1.807, 2.05) is 0 Å². The Hall–Kier alpha value is -4.58. The molecule has 0 aliphatic heterocycles. The van der Waals surface area contributed by atoms with Gasteiger partial charge in [0, 0.05) is 18.7 Å². The highest BCUT2D eigenvalue weighted by Crippen LogP contribution is 2.12. The number of carbonyl (C=O) groups is 6. The van der Waals surface area contributed by atoms with Crippen molar-refractivity contribution in [3.8, 4) is 5.75 Å². The quantitative estimate of drug-likeness (QED) is 0.0334. The van der Waals surface area contributed by atoms with Crippen molar-refractivity contribution in [3.63, 3.8) is 0 Å². The van der Waals surface area contributed by atoms with E-state index in [2.05, 4.69) is 39.2 Å². The molecular formula is C24H36N8O9S. The Balaban J connectivity index is 2.91. The first-order valence-corrected chi connectivity index (χ1v) is 13.2. The summed E-state index contributed by atoms with van der Waals surface area (Å²) in [7, 11) is 0. The number of nitrogens with two attached hydrogens (primary N) is 2. The number of phenolic OH excluding ortho intramolecular Hbond substituents is 1. The van der Waals surface area contributed by atoms with Crippen molar-refractivity contribution in [2.75, 3.05) is 18.8 Å². The molecule has 0 saturated carbocycles. The summed E-state index contributed by atoms with van der Waals surface area (Å²) in [6.45, 7) is -0.332. The van der Waals surface area contributed by atoms with Crippen LogP contribution in [0.5, 0.6) is 5.75 Å². The molecule has 4 atom stereocenters. The second-order valence-corrected chi connectivity index (χ2v) is 9.40. The zero-order chi connectivity index (χ0) is 31.8. The summed E-state index contributed by atoms with van der Waals surface area (Å²) < 4.78 is 0. The van der Waals surface area contributed by atoms with E-state index < -0.39 is 72.7 Å². The molecule has 42 heavy (non-hydrogen) atoms. The van der Waals surface area contributed by atoms with Crippen molar-refractivity contribution in [1.82, 2.24) is 26.6 Å². The van der Waals surface area contributed by atoms with Gasteiger partial charge in [-0.25, -0.2) is 4.79 Å². The number of carboxylic acid groups (broad SMARTS) is 2. The topological polar surface area (TPSA) is 299 Å². The molecule has 0 fully saturated rings. The van der Waals surface area contributed by atoms with E-state index in [0.717, 1.165) is 0 Å². The molecule has 0 radical (unpaired) electrons. The number of nitrogens with one attached hydrogen (secondary N) is 6. The van der Waals surface area contributed by atoms with Gasteiger partial charge < -0.3 is 53.4 Å². The first-order chi connectivity index (χ1) is 19.7. The smallest absolute Gasteiger partial charge is 0.327 e. The lowest BCUT2D eigenvalue weighted by molar-refractivity contribution is -0.142. The normalized spacial score (nSPS) is 13.4. The maximum Gasteiger partial charge on any atom is 0.327 e. The van der Waals surface area contributed by atoms with Crippen LogP contribution in [0.4, 0.5) is 0 Å². The Morgan fingerprint density at radius 1 is 0.881 bits per heavy atom. The Morgan fingerprint density at radius 2 is 1.48 bits per heavy atom. The van der Waals surface area contributed by atoms with Gasteiger partial charge in [0.2, 0.25) is 23.6 Å². The molecule has 1 aromatic rings. The standard InChI is InChI=1S/C24H36N8O9S/c25-14(2-1-7-28-24(26)27)20(37)29-10-18(34)30-16(9-19(35)36)22(39)31-15(8-12-3-5-13(33)6-4-12)21(38)32-17(11-42)23(40)41/h3-6,14-17,33,42H,1-2,7-11,25H2,(H,29,37)(H,30,34)(H,31,39)(H,32,38)(H,35,36)(H,40,41)(H4,26,27,28)/t14-,15+,16-,17-/m0/s1. The fourth-order valence-electron chi connectivity index (χ4n) is 3.41. The lowest BCUT2D eigenvalue weighted by Gasteiger charge is -2.24. The average Bonchev–Trinajstić information content (AvgIpc) is 2.92.